The van der Waals surface area contributed by atoms with E-state index in [0.717, 1.165) is 24.0 Å². The van der Waals surface area contributed by atoms with Crippen LogP contribution in [0.25, 0.3) is 0 Å². The van der Waals surface area contributed by atoms with Gasteiger partial charge in [-0.05, 0) is 53.0 Å². The van der Waals surface area contributed by atoms with Crippen molar-refractivity contribution >= 4 is 23.4 Å². The number of ketones is 2. The Hall–Kier alpha value is -4.10. The van der Waals surface area contributed by atoms with Crippen molar-refractivity contribution < 1.29 is 29.4 Å². The quantitative estimate of drug-likeness (QED) is 0.169. The first kappa shape index (κ1) is 31.8. The molecule has 2 unspecified atom stereocenters. The SMILES string of the molecule is CC(C)(C)c1ccc(C(=O)CC(C(=O)c2ccc(C(=O)NC(O)CC(=O)O)cc2)c2ccc(C3CCCCC3)cc2)cc1. The highest BCUT2D eigenvalue weighted by molar-refractivity contribution is 6.06. The monoisotopic (exact) mass is 583 g/mol. The van der Waals surface area contributed by atoms with Gasteiger partial charge in [-0.1, -0.05) is 101 Å². The van der Waals surface area contributed by atoms with Gasteiger partial charge in [-0.3, -0.25) is 19.2 Å². The third kappa shape index (κ3) is 8.48. The zero-order chi connectivity index (χ0) is 31.1. The van der Waals surface area contributed by atoms with Crippen LogP contribution in [-0.4, -0.2) is 39.9 Å². The molecule has 0 aliphatic heterocycles. The van der Waals surface area contributed by atoms with Gasteiger partial charge in [-0.2, -0.15) is 0 Å². The van der Waals surface area contributed by atoms with E-state index in [-0.39, 0.29) is 29.0 Å². The minimum Gasteiger partial charge on any atom is -0.481 e. The molecular formula is C36H41NO6. The minimum absolute atomic E-state index is 0.0000907. The number of carboxylic acids is 1. The van der Waals surface area contributed by atoms with Crippen molar-refractivity contribution in [2.45, 2.75) is 89.2 Å². The fourth-order valence-corrected chi connectivity index (χ4v) is 5.70. The Morgan fingerprint density at radius 1 is 0.767 bits per heavy atom. The van der Waals surface area contributed by atoms with Gasteiger partial charge in [0, 0.05) is 23.1 Å². The molecule has 2 atom stereocenters. The third-order valence-corrected chi connectivity index (χ3v) is 8.29. The molecule has 0 bridgehead atoms. The molecule has 0 spiro atoms. The van der Waals surface area contributed by atoms with Gasteiger partial charge in [-0.15, -0.1) is 0 Å². The molecule has 3 N–H and O–H groups in total. The van der Waals surface area contributed by atoms with Gasteiger partial charge >= 0.3 is 5.97 Å². The second-order valence-electron chi connectivity index (χ2n) is 12.5. The second-order valence-corrected chi connectivity index (χ2v) is 12.5. The number of carbonyl (C=O) groups excluding carboxylic acids is 3. The zero-order valence-corrected chi connectivity index (χ0v) is 25.1. The molecule has 1 saturated carbocycles. The van der Waals surface area contributed by atoms with Crippen LogP contribution in [0.1, 0.15) is 125 Å². The first-order valence-electron chi connectivity index (χ1n) is 15.0. The van der Waals surface area contributed by atoms with E-state index >= 15 is 0 Å². The summed E-state index contributed by atoms with van der Waals surface area (Å²) in [5, 5.41) is 20.7. The molecule has 3 aromatic carbocycles. The van der Waals surface area contributed by atoms with Crippen LogP contribution in [0.2, 0.25) is 0 Å². The maximum Gasteiger partial charge on any atom is 0.307 e. The molecule has 0 saturated heterocycles. The van der Waals surface area contributed by atoms with E-state index in [9.17, 15) is 24.3 Å². The highest BCUT2D eigenvalue weighted by Gasteiger charge is 2.27. The number of hydrogen-bond donors (Lipinski definition) is 3. The van der Waals surface area contributed by atoms with Crippen LogP contribution in [-0.2, 0) is 10.2 Å². The van der Waals surface area contributed by atoms with Crippen LogP contribution in [0.15, 0.2) is 72.8 Å². The van der Waals surface area contributed by atoms with E-state index in [4.69, 9.17) is 5.11 Å². The van der Waals surface area contributed by atoms with Crippen LogP contribution in [0.4, 0.5) is 0 Å². The highest BCUT2D eigenvalue weighted by Crippen LogP contribution is 2.34. The lowest BCUT2D eigenvalue weighted by molar-refractivity contribution is -0.139. The molecular weight excluding hydrogens is 542 g/mol. The molecule has 43 heavy (non-hydrogen) atoms. The number of amides is 1. The lowest BCUT2D eigenvalue weighted by Gasteiger charge is -2.23. The van der Waals surface area contributed by atoms with Gasteiger partial charge in [0.1, 0.15) is 6.23 Å². The van der Waals surface area contributed by atoms with Crippen molar-refractivity contribution in [3.63, 3.8) is 0 Å². The first-order valence-corrected chi connectivity index (χ1v) is 15.0. The van der Waals surface area contributed by atoms with Crippen LogP contribution in [0.5, 0.6) is 0 Å². The summed E-state index contributed by atoms with van der Waals surface area (Å²) in [5.74, 6) is -2.45. The normalized spacial score (nSPS) is 15.3. The molecule has 0 heterocycles. The lowest BCUT2D eigenvalue weighted by atomic mass is 9.81. The van der Waals surface area contributed by atoms with E-state index in [2.05, 4.69) is 38.2 Å². The minimum atomic E-state index is -1.53. The molecule has 0 aromatic heterocycles. The molecule has 1 fully saturated rings. The number of aliphatic carboxylic acids is 1. The fourth-order valence-electron chi connectivity index (χ4n) is 5.70. The van der Waals surface area contributed by atoms with Gasteiger partial charge in [0.05, 0.1) is 12.3 Å². The maximum atomic E-state index is 13.9. The van der Waals surface area contributed by atoms with E-state index < -0.39 is 30.4 Å². The Balaban J connectivity index is 1.57. The number of aliphatic hydroxyl groups excluding tert-OH is 1. The maximum absolute atomic E-state index is 13.9. The number of Topliss-reactive ketones (excluding diaryl/α,β-unsaturated/α-hetero) is 2. The smallest absolute Gasteiger partial charge is 0.307 e. The average Bonchev–Trinajstić information content (AvgIpc) is 2.99. The summed E-state index contributed by atoms with van der Waals surface area (Å²) < 4.78 is 0. The third-order valence-electron chi connectivity index (χ3n) is 8.29. The number of carbonyl (C=O) groups is 4. The second kappa shape index (κ2) is 13.9. The Kier molecular flexibility index (Phi) is 10.3. The van der Waals surface area contributed by atoms with E-state index in [1.165, 1.54) is 49.1 Å². The summed E-state index contributed by atoms with van der Waals surface area (Å²) in [7, 11) is 0. The Morgan fingerprint density at radius 2 is 1.33 bits per heavy atom. The van der Waals surface area contributed by atoms with E-state index in [1.54, 1.807) is 0 Å². The lowest BCUT2D eigenvalue weighted by Crippen LogP contribution is -2.36. The average molecular weight is 584 g/mol. The topological polar surface area (TPSA) is 121 Å². The van der Waals surface area contributed by atoms with Crippen molar-refractivity contribution in [2.24, 2.45) is 0 Å². The Morgan fingerprint density at radius 3 is 1.88 bits per heavy atom. The number of carboxylic acid groups (broad SMARTS) is 1. The molecule has 0 radical (unpaired) electrons. The van der Waals surface area contributed by atoms with E-state index in [0.29, 0.717) is 17.0 Å². The van der Waals surface area contributed by atoms with E-state index in [1.807, 2.05) is 36.4 Å². The molecule has 7 nitrogen and oxygen atoms in total. The first-order chi connectivity index (χ1) is 20.4. The number of nitrogens with one attached hydrogen (secondary N) is 1. The van der Waals surface area contributed by atoms with Crippen LogP contribution in [0, 0.1) is 0 Å². The summed E-state index contributed by atoms with van der Waals surface area (Å²) in [6, 6.07) is 21.6. The Bertz CT molecular complexity index is 1430. The molecule has 4 rings (SSSR count). The van der Waals surface area contributed by atoms with Crippen molar-refractivity contribution in [3.8, 4) is 0 Å². The number of hydrogen-bond acceptors (Lipinski definition) is 5. The standard InChI is InChI=1S/C36H41NO6/c1-36(2,3)29-19-17-26(18-20-29)31(38)21-30(25-11-9-24(10-12-25)23-7-5-4-6-8-23)34(42)27-13-15-28(16-14-27)35(43)37-32(39)22-33(40)41/h9-20,23,30,32,39H,4-8,21-22H2,1-3H3,(H,37,43)(H,40,41). The summed E-state index contributed by atoms with van der Waals surface area (Å²) in [6.07, 6.45) is 3.89. The summed E-state index contributed by atoms with van der Waals surface area (Å²) in [5.41, 5.74) is 4.18. The van der Waals surface area contributed by atoms with Crippen LogP contribution >= 0.6 is 0 Å². The Labute approximate surface area is 253 Å². The summed E-state index contributed by atoms with van der Waals surface area (Å²) >= 11 is 0. The van der Waals surface area contributed by atoms with Gasteiger partial charge in [-0.25, -0.2) is 0 Å². The predicted octanol–water partition coefficient (Wildman–Crippen LogP) is 6.79. The summed E-state index contributed by atoms with van der Waals surface area (Å²) in [4.78, 5) is 50.6. The fraction of sp³-hybridized carbons (Fsp3) is 0.389. The van der Waals surface area contributed by atoms with Gasteiger partial charge in [0.2, 0.25) is 0 Å². The number of aliphatic hydroxyl groups is 1. The molecule has 1 amide bonds. The van der Waals surface area contributed by atoms with Crippen molar-refractivity contribution in [3.05, 3.63) is 106 Å². The zero-order valence-electron chi connectivity index (χ0n) is 25.1. The summed E-state index contributed by atoms with van der Waals surface area (Å²) in [6.45, 7) is 6.34. The predicted molar refractivity (Wildman–Crippen MR) is 166 cm³/mol. The highest BCUT2D eigenvalue weighted by atomic mass is 16.4. The van der Waals surface area contributed by atoms with Crippen molar-refractivity contribution in [2.75, 3.05) is 0 Å². The number of benzene rings is 3. The molecule has 7 heteroatoms. The van der Waals surface area contributed by atoms with Gasteiger partial charge in [0.15, 0.2) is 11.6 Å². The van der Waals surface area contributed by atoms with Crippen molar-refractivity contribution in [1.82, 2.24) is 5.32 Å². The van der Waals surface area contributed by atoms with Crippen LogP contribution in [0.3, 0.4) is 0 Å². The molecule has 226 valence electrons. The van der Waals surface area contributed by atoms with Gasteiger partial charge < -0.3 is 15.5 Å². The number of rotatable bonds is 11. The molecule has 1 aliphatic carbocycles. The van der Waals surface area contributed by atoms with Gasteiger partial charge in [0.25, 0.3) is 5.91 Å². The van der Waals surface area contributed by atoms with Crippen LogP contribution < -0.4 is 5.32 Å². The molecule has 3 aromatic rings. The van der Waals surface area contributed by atoms with Crippen molar-refractivity contribution in [1.29, 1.82) is 0 Å². The largest absolute Gasteiger partial charge is 0.481 e. The molecule has 1 aliphatic rings.